The number of benzene rings is 1. The van der Waals surface area contributed by atoms with Crippen molar-refractivity contribution in [2.24, 2.45) is 0 Å². The monoisotopic (exact) mass is 343 g/mol. The number of rotatable bonds is 4. The third kappa shape index (κ3) is 3.31. The second-order valence-corrected chi connectivity index (χ2v) is 7.55. The van der Waals surface area contributed by atoms with Gasteiger partial charge in [-0.05, 0) is 19.1 Å². The molecular formula is C17H21N5OS. The second-order valence-electron chi connectivity index (χ2n) is 6.60. The minimum Gasteiger partial charge on any atom is -0.441 e. The predicted molar refractivity (Wildman–Crippen MR) is 95.1 cm³/mol. The van der Waals surface area contributed by atoms with E-state index in [4.69, 9.17) is 10.3 Å². The number of aryl methyl sites for hydroxylation is 1. The van der Waals surface area contributed by atoms with Gasteiger partial charge < -0.3 is 10.3 Å². The van der Waals surface area contributed by atoms with Crippen molar-refractivity contribution in [2.45, 2.75) is 44.0 Å². The van der Waals surface area contributed by atoms with E-state index in [1.165, 1.54) is 11.8 Å². The third-order valence-corrected chi connectivity index (χ3v) is 4.54. The van der Waals surface area contributed by atoms with Crippen LogP contribution in [0.3, 0.4) is 0 Å². The Labute approximate surface area is 145 Å². The number of hydrogen-bond donors (Lipinski definition) is 1. The molecule has 0 aliphatic carbocycles. The lowest BCUT2D eigenvalue weighted by molar-refractivity contribution is 0.523. The Balaban J connectivity index is 1.76. The highest BCUT2D eigenvalue weighted by Crippen LogP contribution is 2.28. The van der Waals surface area contributed by atoms with Gasteiger partial charge in [0.25, 0.3) is 0 Å². The van der Waals surface area contributed by atoms with Crippen LogP contribution in [-0.4, -0.2) is 19.9 Å². The number of nitrogens with two attached hydrogens (primary N) is 1. The van der Waals surface area contributed by atoms with E-state index in [9.17, 15) is 0 Å². The van der Waals surface area contributed by atoms with Gasteiger partial charge in [-0.25, -0.2) is 9.66 Å². The molecule has 0 atom stereocenters. The quantitative estimate of drug-likeness (QED) is 0.576. The van der Waals surface area contributed by atoms with E-state index < -0.39 is 0 Å². The highest BCUT2D eigenvalue weighted by Gasteiger charge is 2.23. The van der Waals surface area contributed by atoms with Gasteiger partial charge in [0.05, 0.1) is 5.69 Å². The van der Waals surface area contributed by atoms with Crippen LogP contribution in [0.1, 0.15) is 38.0 Å². The molecule has 3 rings (SSSR count). The van der Waals surface area contributed by atoms with Crippen LogP contribution in [0.2, 0.25) is 0 Å². The second kappa shape index (κ2) is 6.32. The zero-order valence-corrected chi connectivity index (χ0v) is 15.1. The number of aromatic nitrogens is 4. The number of thioether (sulfide) groups is 1. The van der Waals surface area contributed by atoms with Crippen molar-refractivity contribution in [3.8, 4) is 11.5 Å². The van der Waals surface area contributed by atoms with Crippen molar-refractivity contribution in [1.82, 2.24) is 19.9 Å². The predicted octanol–water partition coefficient (Wildman–Crippen LogP) is 3.55. The van der Waals surface area contributed by atoms with E-state index in [2.05, 4.69) is 36.0 Å². The van der Waals surface area contributed by atoms with Crippen molar-refractivity contribution in [3.63, 3.8) is 0 Å². The number of nitrogens with zero attached hydrogens (tertiary/aromatic N) is 4. The first kappa shape index (κ1) is 16.6. The minimum atomic E-state index is -0.148. The first-order chi connectivity index (χ1) is 11.4. The lowest BCUT2D eigenvalue weighted by Crippen LogP contribution is -2.24. The summed E-state index contributed by atoms with van der Waals surface area (Å²) in [6.45, 7) is 8.09. The average molecular weight is 343 g/mol. The SMILES string of the molecule is Cc1oc(-c2ccccc2)nc1CSc1nnc(C(C)(C)C)n1N. The molecule has 0 unspecified atom stereocenters. The van der Waals surface area contributed by atoms with Gasteiger partial charge in [0.1, 0.15) is 5.76 Å². The van der Waals surface area contributed by atoms with Crippen molar-refractivity contribution in [1.29, 1.82) is 0 Å². The van der Waals surface area contributed by atoms with Crippen LogP contribution in [-0.2, 0) is 11.2 Å². The first-order valence-electron chi connectivity index (χ1n) is 7.72. The molecule has 2 N–H and O–H groups in total. The molecule has 0 aliphatic heterocycles. The van der Waals surface area contributed by atoms with Crippen LogP contribution in [0.15, 0.2) is 39.9 Å². The molecule has 0 fully saturated rings. The molecule has 6 nitrogen and oxygen atoms in total. The van der Waals surface area contributed by atoms with Crippen LogP contribution < -0.4 is 5.84 Å². The van der Waals surface area contributed by atoms with Crippen LogP contribution in [0.25, 0.3) is 11.5 Å². The Morgan fingerprint density at radius 3 is 2.50 bits per heavy atom. The van der Waals surface area contributed by atoms with E-state index in [-0.39, 0.29) is 5.41 Å². The summed E-state index contributed by atoms with van der Waals surface area (Å²) in [4.78, 5) is 4.59. The summed E-state index contributed by atoms with van der Waals surface area (Å²) in [5.41, 5.74) is 1.71. The van der Waals surface area contributed by atoms with Gasteiger partial charge in [-0.2, -0.15) is 0 Å². The molecule has 0 saturated carbocycles. The van der Waals surface area contributed by atoms with E-state index in [0.717, 1.165) is 22.8 Å². The third-order valence-electron chi connectivity index (χ3n) is 3.59. The molecule has 0 saturated heterocycles. The van der Waals surface area contributed by atoms with Crippen molar-refractivity contribution < 1.29 is 4.42 Å². The van der Waals surface area contributed by atoms with Gasteiger partial charge in [0.15, 0.2) is 5.82 Å². The van der Waals surface area contributed by atoms with Crippen molar-refractivity contribution in [2.75, 3.05) is 5.84 Å². The molecule has 0 aliphatic rings. The summed E-state index contributed by atoms with van der Waals surface area (Å²) < 4.78 is 7.33. The lowest BCUT2D eigenvalue weighted by Gasteiger charge is -2.16. The van der Waals surface area contributed by atoms with Gasteiger partial charge >= 0.3 is 0 Å². The highest BCUT2D eigenvalue weighted by molar-refractivity contribution is 7.98. The Bertz CT molecular complexity index is 833. The molecule has 126 valence electrons. The van der Waals surface area contributed by atoms with Crippen molar-refractivity contribution >= 4 is 11.8 Å². The molecule has 2 aromatic heterocycles. The number of oxazole rings is 1. The van der Waals surface area contributed by atoms with Crippen LogP contribution in [0.4, 0.5) is 0 Å². The van der Waals surface area contributed by atoms with Crippen molar-refractivity contribution in [3.05, 3.63) is 47.6 Å². The Kier molecular flexibility index (Phi) is 4.36. The topological polar surface area (TPSA) is 82.8 Å². The van der Waals surface area contributed by atoms with Crippen LogP contribution in [0.5, 0.6) is 0 Å². The standard InChI is InChI=1S/C17H21N5OS/c1-11-13(19-14(23-11)12-8-6-5-7-9-12)10-24-16-21-20-15(22(16)18)17(2,3)4/h5-9H,10,18H2,1-4H3. The summed E-state index contributed by atoms with van der Waals surface area (Å²) >= 11 is 1.50. The molecule has 3 aromatic rings. The van der Waals surface area contributed by atoms with Gasteiger partial charge in [0, 0.05) is 16.7 Å². The first-order valence-corrected chi connectivity index (χ1v) is 8.70. The summed E-state index contributed by atoms with van der Waals surface area (Å²) in [7, 11) is 0. The molecular weight excluding hydrogens is 322 g/mol. The molecule has 1 aromatic carbocycles. The zero-order valence-electron chi connectivity index (χ0n) is 14.3. The Morgan fingerprint density at radius 1 is 1.17 bits per heavy atom. The van der Waals surface area contributed by atoms with Gasteiger partial charge in [-0.3, -0.25) is 0 Å². The fourth-order valence-corrected chi connectivity index (χ4v) is 3.14. The normalized spacial score (nSPS) is 11.8. The van der Waals surface area contributed by atoms with E-state index in [1.807, 2.05) is 37.3 Å². The smallest absolute Gasteiger partial charge is 0.226 e. The maximum absolute atomic E-state index is 6.11. The van der Waals surface area contributed by atoms with Gasteiger partial charge in [-0.1, -0.05) is 50.7 Å². The Hall–Kier alpha value is -2.28. The lowest BCUT2D eigenvalue weighted by atomic mass is 9.96. The summed E-state index contributed by atoms with van der Waals surface area (Å²) in [6, 6.07) is 9.86. The summed E-state index contributed by atoms with van der Waals surface area (Å²) in [5, 5.41) is 9.05. The number of hydrogen-bond acceptors (Lipinski definition) is 6. The van der Waals surface area contributed by atoms with E-state index in [1.54, 1.807) is 4.68 Å². The number of nitrogen functional groups attached to an aromatic ring is 1. The fourth-order valence-electron chi connectivity index (χ4n) is 2.29. The molecule has 0 bridgehead atoms. The molecule has 7 heteroatoms. The molecule has 0 spiro atoms. The average Bonchev–Trinajstić information content (AvgIpc) is 3.09. The van der Waals surface area contributed by atoms with Gasteiger partial charge in [-0.15, -0.1) is 10.2 Å². The maximum atomic E-state index is 6.11. The minimum absolute atomic E-state index is 0.148. The molecule has 0 radical (unpaired) electrons. The summed E-state index contributed by atoms with van der Waals surface area (Å²) in [5.74, 6) is 8.94. The summed E-state index contributed by atoms with van der Waals surface area (Å²) in [6.07, 6.45) is 0. The fraction of sp³-hybridized carbons (Fsp3) is 0.353. The maximum Gasteiger partial charge on any atom is 0.226 e. The van der Waals surface area contributed by atoms with Crippen LogP contribution in [0, 0.1) is 6.92 Å². The largest absolute Gasteiger partial charge is 0.441 e. The molecule has 2 heterocycles. The van der Waals surface area contributed by atoms with E-state index in [0.29, 0.717) is 16.8 Å². The van der Waals surface area contributed by atoms with Gasteiger partial charge in [0.2, 0.25) is 11.0 Å². The molecule has 24 heavy (non-hydrogen) atoms. The molecule has 0 amide bonds. The van der Waals surface area contributed by atoms with E-state index >= 15 is 0 Å². The van der Waals surface area contributed by atoms with Crippen LogP contribution >= 0.6 is 11.8 Å². The zero-order chi connectivity index (χ0) is 17.3. The highest BCUT2D eigenvalue weighted by atomic mass is 32.2. The Morgan fingerprint density at radius 2 is 1.88 bits per heavy atom.